The van der Waals surface area contributed by atoms with E-state index in [1.807, 2.05) is 0 Å². The number of carboxylic acid groups (broad SMARTS) is 2. The van der Waals surface area contributed by atoms with Gasteiger partial charge in [-0.15, -0.1) is 0 Å². The average molecular weight is 211 g/mol. The fraction of sp³-hybridized carbons (Fsp3) is 0.222. The van der Waals surface area contributed by atoms with E-state index in [0.29, 0.717) is 11.3 Å². The van der Waals surface area contributed by atoms with Gasteiger partial charge in [0.2, 0.25) is 0 Å². The van der Waals surface area contributed by atoms with E-state index in [2.05, 4.69) is 4.98 Å². The summed E-state index contributed by atoms with van der Waals surface area (Å²) < 4.78 is 0. The van der Waals surface area contributed by atoms with Crippen LogP contribution in [-0.4, -0.2) is 32.2 Å². The fourth-order valence-corrected chi connectivity index (χ4v) is 1.13. The lowest BCUT2D eigenvalue weighted by molar-refractivity contribution is 0.0645. The third-order valence-electron chi connectivity index (χ3n) is 1.92. The largest absolute Gasteiger partial charge is 0.478 e. The minimum Gasteiger partial charge on any atom is -0.478 e. The molecule has 3 N–H and O–H groups in total. The van der Waals surface area contributed by atoms with Crippen LogP contribution >= 0.6 is 0 Å². The van der Waals surface area contributed by atoms with Gasteiger partial charge in [-0.1, -0.05) is 0 Å². The summed E-state index contributed by atoms with van der Waals surface area (Å²) in [5, 5.41) is 26.3. The molecule has 6 nitrogen and oxygen atoms in total. The average Bonchev–Trinajstić information content (AvgIpc) is 2.16. The van der Waals surface area contributed by atoms with E-state index in [-0.39, 0.29) is 6.61 Å². The van der Waals surface area contributed by atoms with Crippen molar-refractivity contribution in [1.82, 2.24) is 4.98 Å². The lowest BCUT2D eigenvalue weighted by Gasteiger charge is -2.06. The maximum atomic E-state index is 10.7. The van der Waals surface area contributed by atoms with Crippen molar-refractivity contribution >= 4 is 11.9 Å². The summed E-state index contributed by atoms with van der Waals surface area (Å²) in [6.07, 6.45) is 0. The van der Waals surface area contributed by atoms with E-state index in [0.717, 1.165) is 6.07 Å². The summed E-state index contributed by atoms with van der Waals surface area (Å²) in [4.78, 5) is 25.0. The Morgan fingerprint density at radius 2 is 1.93 bits per heavy atom. The Morgan fingerprint density at radius 3 is 2.33 bits per heavy atom. The van der Waals surface area contributed by atoms with Crippen molar-refractivity contribution in [3.05, 3.63) is 28.6 Å². The van der Waals surface area contributed by atoms with E-state index < -0.39 is 23.2 Å². The van der Waals surface area contributed by atoms with Gasteiger partial charge in [0.25, 0.3) is 0 Å². The topological polar surface area (TPSA) is 108 Å². The van der Waals surface area contributed by atoms with E-state index in [9.17, 15) is 9.59 Å². The summed E-state index contributed by atoms with van der Waals surface area (Å²) in [7, 11) is 0. The normalized spacial score (nSPS) is 10.0. The van der Waals surface area contributed by atoms with Crippen LogP contribution in [0.2, 0.25) is 0 Å². The molecule has 0 aliphatic heterocycles. The molecule has 0 amide bonds. The minimum atomic E-state index is -1.40. The molecule has 0 radical (unpaired) electrons. The van der Waals surface area contributed by atoms with Crippen molar-refractivity contribution in [3.8, 4) is 0 Å². The van der Waals surface area contributed by atoms with Gasteiger partial charge in [-0.25, -0.2) is 14.6 Å². The van der Waals surface area contributed by atoms with Crippen molar-refractivity contribution in [3.63, 3.8) is 0 Å². The quantitative estimate of drug-likeness (QED) is 0.662. The van der Waals surface area contributed by atoms with Crippen LogP contribution in [0.1, 0.15) is 32.1 Å². The van der Waals surface area contributed by atoms with Crippen molar-refractivity contribution in [2.45, 2.75) is 13.5 Å². The lowest BCUT2D eigenvalue weighted by Crippen LogP contribution is -2.13. The number of hydrogen-bond donors (Lipinski definition) is 3. The second kappa shape index (κ2) is 4.05. The Kier molecular flexibility index (Phi) is 3.01. The molecule has 80 valence electrons. The Hall–Kier alpha value is -1.95. The predicted octanol–water partition coefficient (Wildman–Crippen LogP) is 0.279. The molecule has 0 saturated carbocycles. The highest BCUT2D eigenvalue weighted by molar-refractivity contribution is 6.00. The fourth-order valence-electron chi connectivity index (χ4n) is 1.13. The number of aromatic carboxylic acids is 2. The summed E-state index contributed by atoms with van der Waals surface area (Å²) in [6, 6.07) is 1.12. The van der Waals surface area contributed by atoms with Gasteiger partial charge in [-0.2, -0.15) is 0 Å². The molecule has 1 rings (SSSR count). The molecule has 0 saturated heterocycles. The monoisotopic (exact) mass is 211 g/mol. The predicted molar refractivity (Wildman–Crippen MR) is 48.8 cm³/mol. The van der Waals surface area contributed by atoms with Crippen molar-refractivity contribution in [1.29, 1.82) is 0 Å². The molecule has 0 aliphatic rings. The number of nitrogens with zero attached hydrogens (tertiary/aromatic N) is 1. The van der Waals surface area contributed by atoms with Crippen LogP contribution in [0.5, 0.6) is 0 Å². The minimum absolute atomic E-state index is 0.303. The Balaban J connectivity index is 3.45. The van der Waals surface area contributed by atoms with Gasteiger partial charge < -0.3 is 15.3 Å². The molecular formula is C9H9NO5. The standard InChI is InChI=1S/C9H9NO5/c1-4-5(3-11)2-6(8(12)13)7(10-4)9(14)15/h2,11H,3H2,1H3,(H,12,13)(H,14,15). The van der Waals surface area contributed by atoms with Crippen molar-refractivity contribution in [2.75, 3.05) is 0 Å². The third kappa shape index (κ3) is 2.10. The third-order valence-corrected chi connectivity index (χ3v) is 1.92. The van der Waals surface area contributed by atoms with Crippen LogP contribution in [0.15, 0.2) is 6.07 Å². The second-order valence-corrected chi connectivity index (χ2v) is 2.90. The molecule has 0 spiro atoms. The number of hydrogen-bond acceptors (Lipinski definition) is 4. The first-order chi connectivity index (χ1) is 6.97. The first kappa shape index (κ1) is 11.1. The van der Waals surface area contributed by atoms with Gasteiger partial charge in [-0.3, -0.25) is 0 Å². The van der Waals surface area contributed by atoms with Crippen LogP contribution in [-0.2, 0) is 6.61 Å². The zero-order valence-electron chi connectivity index (χ0n) is 7.89. The smallest absolute Gasteiger partial charge is 0.355 e. The van der Waals surface area contributed by atoms with Crippen LogP contribution in [0, 0.1) is 6.92 Å². The molecule has 0 unspecified atom stereocenters. The summed E-state index contributed by atoms with van der Waals surface area (Å²) in [6.45, 7) is 1.13. The van der Waals surface area contributed by atoms with Crippen molar-refractivity contribution < 1.29 is 24.9 Å². The molecule has 0 aromatic carbocycles. The number of aliphatic hydroxyl groups is 1. The van der Waals surface area contributed by atoms with Gasteiger partial charge >= 0.3 is 11.9 Å². The molecule has 0 aliphatic carbocycles. The molecule has 1 heterocycles. The number of rotatable bonds is 3. The molecule has 0 bridgehead atoms. The molecule has 1 aromatic heterocycles. The van der Waals surface area contributed by atoms with Crippen LogP contribution < -0.4 is 0 Å². The second-order valence-electron chi connectivity index (χ2n) is 2.90. The Bertz CT molecular complexity index is 427. The number of pyridine rings is 1. The van der Waals surface area contributed by atoms with Gasteiger partial charge in [-0.05, 0) is 18.6 Å². The molecule has 1 aromatic rings. The number of aliphatic hydroxyl groups excluding tert-OH is 1. The summed E-state index contributed by atoms with van der Waals surface area (Å²) in [5.74, 6) is -2.78. The maximum Gasteiger partial charge on any atom is 0.355 e. The highest BCUT2D eigenvalue weighted by Gasteiger charge is 2.19. The van der Waals surface area contributed by atoms with Crippen LogP contribution in [0.4, 0.5) is 0 Å². The van der Waals surface area contributed by atoms with E-state index in [1.165, 1.54) is 6.92 Å². The number of carbonyl (C=O) groups is 2. The van der Waals surface area contributed by atoms with Gasteiger partial charge in [0.1, 0.15) is 0 Å². The van der Waals surface area contributed by atoms with Gasteiger partial charge in [0.15, 0.2) is 5.69 Å². The number of aromatic nitrogens is 1. The van der Waals surface area contributed by atoms with E-state index >= 15 is 0 Å². The van der Waals surface area contributed by atoms with E-state index in [4.69, 9.17) is 15.3 Å². The molecule has 6 heteroatoms. The SMILES string of the molecule is Cc1nc(C(=O)O)c(C(=O)O)cc1CO. The van der Waals surface area contributed by atoms with E-state index in [1.54, 1.807) is 0 Å². The zero-order chi connectivity index (χ0) is 11.6. The zero-order valence-corrected chi connectivity index (χ0v) is 7.89. The highest BCUT2D eigenvalue weighted by atomic mass is 16.4. The molecular weight excluding hydrogens is 202 g/mol. The molecule has 0 fully saturated rings. The van der Waals surface area contributed by atoms with Crippen LogP contribution in [0.25, 0.3) is 0 Å². The van der Waals surface area contributed by atoms with Gasteiger partial charge in [0, 0.05) is 5.69 Å². The van der Waals surface area contributed by atoms with Crippen molar-refractivity contribution in [2.24, 2.45) is 0 Å². The van der Waals surface area contributed by atoms with Crippen LogP contribution in [0.3, 0.4) is 0 Å². The number of carboxylic acids is 2. The highest BCUT2D eigenvalue weighted by Crippen LogP contribution is 2.13. The maximum absolute atomic E-state index is 10.7. The Morgan fingerprint density at radius 1 is 1.33 bits per heavy atom. The molecule has 0 atom stereocenters. The first-order valence-corrected chi connectivity index (χ1v) is 4.05. The number of aryl methyl sites for hydroxylation is 1. The summed E-state index contributed by atoms with van der Waals surface area (Å²) >= 11 is 0. The first-order valence-electron chi connectivity index (χ1n) is 4.05. The lowest BCUT2D eigenvalue weighted by atomic mass is 10.1. The molecule has 15 heavy (non-hydrogen) atoms. The summed E-state index contributed by atoms with van der Waals surface area (Å²) in [5.41, 5.74) is -0.327. The van der Waals surface area contributed by atoms with Gasteiger partial charge in [0.05, 0.1) is 12.2 Å². The Labute approximate surface area is 84.8 Å².